The van der Waals surface area contributed by atoms with Gasteiger partial charge in [0, 0.05) is 13.1 Å². The quantitative estimate of drug-likeness (QED) is 0.534. The number of rotatable bonds is 0. The van der Waals surface area contributed by atoms with Gasteiger partial charge < -0.3 is 10.4 Å². The lowest BCUT2D eigenvalue weighted by Gasteiger charge is -2.35. The van der Waals surface area contributed by atoms with E-state index in [9.17, 15) is 9.59 Å². The van der Waals surface area contributed by atoms with Gasteiger partial charge in [-0.15, -0.1) is 0 Å². The van der Waals surface area contributed by atoms with Gasteiger partial charge in [-0.1, -0.05) is 0 Å². The Balaban J connectivity index is 2.80. The van der Waals surface area contributed by atoms with Crippen LogP contribution in [0.5, 0.6) is 0 Å². The Kier molecular flexibility index (Phi) is 2.06. The molecule has 1 aliphatic rings. The summed E-state index contributed by atoms with van der Waals surface area (Å²) in [5.74, 6) is -0.388. The lowest BCUT2D eigenvalue weighted by molar-refractivity contribution is -0.137. The number of hydrogen-bond donors (Lipinski definition) is 2. The molecule has 12 heavy (non-hydrogen) atoms. The van der Waals surface area contributed by atoms with E-state index in [-0.39, 0.29) is 12.5 Å². The van der Waals surface area contributed by atoms with Crippen molar-refractivity contribution in [1.29, 1.82) is 0 Å². The van der Waals surface area contributed by atoms with Crippen LogP contribution in [0, 0.1) is 0 Å². The molecule has 0 aromatic heterocycles. The van der Waals surface area contributed by atoms with E-state index in [0.717, 1.165) is 4.90 Å². The van der Waals surface area contributed by atoms with Crippen molar-refractivity contribution in [1.82, 2.24) is 10.2 Å². The number of carbonyl (C=O) groups excluding carboxylic acids is 1. The molecule has 0 spiro atoms. The van der Waals surface area contributed by atoms with Crippen LogP contribution < -0.4 is 5.32 Å². The molecule has 0 aliphatic carbocycles. The Morgan fingerprint density at radius 1 is 1.67 bits per heavy atom. The maximum Gasteiger partial charge on any atom is 0.414 e. The molecule has 1 heterocycles. The molecule has 0 aromatic carbocycles. The van der Waals surface area contributed by atoms with Crippen LogP contribution in [-0.4, -0.2) is 40.6 Å². The fourth-order valence-corrected chi connectivity index (χ4v) is 1.18. The minimum absolute atomic E-state index is 0.234. The standard InChI is InChI=1S/C7H12N2O3/c1-7(2)5(10)9(6(11)12)4-3-8-7/h8H,3-4H2,1-2H3,(H,11,12). The summed E-state index contributed by atoms with van der Waals surface area (Å²) in [6, 6.07) is 0. The number of carbonyl (C=O) groups is 2. The second-order valence-electron chi connectivity index (χ2n) is 3.29. The van der Waals surface area contributed by atoms with Crippen LogP contribution in [-0.2, 0) is 4.79 Å². The number of amides is 2. The third kappa shape index (κ3) is 1.40. The summed E-state index contributed by atoms with van der Waals surface area (Å²) in [5.41, 5.74) is -0.753. The highest BCUT2D eigenvalue weighted by atomic mass is 16.4. The summed E-state index contributed by atoms with van der Waals surface area (Å²) in [7, 11) is 0. The SMILES string of the molecule is CC1(C)NCCN(C(=O)O)C1=O. The topological polar surface area (TPSA) is 69.6 Å². The van der Waals surface area contributed by atoms with Crippen molar-refractivity contribution in [3.05, 3.63) is 0 Å². The minimum atomic E-state index is -1.17. The third-order valence-corrected chi connectivity index (χ3v) is 1.91. The van der Waals surface area contributed by atoms with Gasteiger partial charge >= 0.3 is 6.09 Å². The highest BCUT2D eigenvalue weighted by Gasteiger charge is 2.38. The van der Waals surface area contributed by atoms with Gasteiger partial charge in [0.2, 0.25) is 0 Å². The summed E-state index contributed by atoms with van der Waals surface area (Å²) >= 11 is 0. The molecular formula is C7H12N2O3. The van der Waals surface area contributed by atoms with Crippen molar-refractivity contribution in [2.24, 2.45) is 0 Å². The van der Waals surface area contributed by atoms with Gasteiger partial charge in [0.15, 0.2) is 0 Å². The summed E-state index contributed by atoms with van der Waals surface area (Å²) in [6.07, 6.45) is -1.17. The van der Waals surface area contributed by atoms with E-state index in [1.165, 1.54) is 0 Å². The van der Waals surface area contributed by atoms with Crippen molar-refractivity contribution in [3.8, 4) is 0 Å². The number of hydrogen-bond acceptors (Lipinski definition) is 3. The van der Waals surface area contributed by atoms with Crippen LogP contribution in [0.2, 0.25) is 0 Å². The highest BCUT2D eigenvalue weighted by molar-refractivity contribution is 5.97. The Labute approximate surface area is 70.4 Å². The van der Waals surface area contributed by atoms with Crippen molar-refractivity contribution in [2.75, 3.05) is 13.1 Å². The molecule has 68 valence electrons. The Morgan fingerprint density at radius 3 is 2.67 bits per heavy atom. The third-order valence-electron chi connectivity index (χ3n) is 1.91. The number of nitrogens with zero attached hydrogens (tertiary/aromatic N) is 1. The van der Waals surface area contributed by atoms with Gasteiger partial charge in [0.05, 0.1) is 5.54 Å². The zero-order valence-corrected chi connectivity index (χ0v) is 7.13. The van der Waals surface area contributed by atoms with Crippen LogP contribution in [0.25, 0.3) is 0 Å². The Morgan fingerprint density at radius 2 is 2.25 bits per heavy atom. The molecule has 1 rings (SSSR count). The predicted octanol–water partition coefficient (Wildman–Crippen LogP) is -0.125. The smallest absolute Gasteiger partial charge is 0.414 e. The fraction of sp³-hybridized carbons (Fsp3) is 0.714. The summed E-state index contributed by atoms with van der Waals surface area (Å²) in [5, 5.41) is 11.6. The second-order valence-corrected chi connectivity index (χ2v) is 3.29. The number of imide groups is 1. The molecule has 0 atom stereocenters. The van der Waals surface area contributed by atoms with Crippen molar-refractivity contribution in [2.45, 2.75) is 19.4 Å². The average Bonchev–Trinajstić information content (AvgIpc) is 1.94. The summed E-state index contributed by atoms with van der Waals surface area (Å²) in [6.45, 7) is 4.09. The molecule has 1 aliphatic heterocycles. The van der Waals surface area contributed by atoms with Crippen LogP contribution >= 0.6 is 0 Å². The van der Waals surface area contributed by atoms with E-state index in [1.54, 1.807) is 13.8 Å². The molecule has 0 bridgehead atoms. The first-order valence-electron chi connectivity index (χ1n) is 3.75. The fourth-order valence-electron chi connectivity index (χ4n) is 1.18. The van der Waals surface area contributed by atoms with E-state index in [0.29, 0.717) is 6.54 Å². The van der Waals surface area contributed by atoms with Crippen molar-refractivity contribution < 1.29 is 14.7 Å². The van der Waals surface area contributed by atoms with Crippen molar-refractivity contribution in [3.63, 3.8) is 0 Å². The zero-order chi connectivity index (χ0) is 9.35. The van der Waals surface area contributed by atoms with Gasteiger partial charge in [-0.2, -0.15) is 0 Å². The average molecular weight is 172 g/mol. The number of carboxylic acid groups (broad SMARTS) is 1. The molecule has 5 heteroatoms. The molecule has 2 N–H and O–H groups in total. The van der Waals surface area contributed by atoms with Crippen LogP contribution in [0.1, 0.15) is 13.8 Å². The number of piperazine rings is 1. The van der Waals surface area contributed by atoms with Gasteiger partial charge in [0.25, 0.3) is 5.91 Å². The first kappa shape index (κ1) is 8.99. The van der Waals surface area contributed by atoms with Crippen LogP contribution in [0.3, 0.4) is 0 Å². The van der Waals surface area contributed by atoms with Crippen molar-refractivity contribution >= 4 is 12.0 Å². The van der Waals surface area contributed by atoms with E-state index in [4.69, 9.17) is 5.11 Å². The molecule has 1 saturated heterocycles. The lowest BCUT2D eigenvalue weighted by Crippen LogP contribution is -2.62. The highest BCUT2D eigenvalue weighted by Crippen LogP contribution is 2.11. The van der Waals surface area contributed by atoms with Gasteiger partial charge in [-0.3, -0.25) is 4.79 Å². The van der Waals surface area contributed by atoms with Gasteiger partial charge in [0.1, 0.15) is 0 Å². The monoisotopic (exact) mass is 172 g/mol. The molecule has 2 amide bonds. The number of nitrogens with one attached hydrogen (secondary N) is 1. The van der Waals surface area contributed by atoms with Crippen LogP contribution in [0.15, 0.2) is 0 Å². The van der Waals surface area contributed by atoms with E-state index >= 15 is 0 Å². The first-order valence-corrected chi connectivity index (χ1v) is 3.75. The maximum absolute atomic E-state index is 11.4. The Hall–Kier alpha value is -1.10. The van der Waals surface area contributed by atoms with E-state index < -0.39 is 11.6 Å². The molecule has 0 unspecified atom stereocenters. The summed E-state index contributed by atoms with van der Waals surface area (Å²) < 4.78 is 0. The maximum atomic E-state index is 11.4. The molecule has 5 nitrogen and oxygen atoms in total. The second kappa shape index (κ2) is 2.75. The van der Waals surface area contributed by atoms with E-state index in [1.807, 2.05) is 0 Å². The van der Waals surface area contributed by atoms with Crippen LogP contribution in [0.4, 0.5) is 4.79 Å². The zero-order valence-electron chi connectivity index (χ0n) is 7.13. The normalized spacial score (nSPS) is 22.5. The largest absolute Gasteiger partial charge is 0.465 e. The molecule has 0 saturated carbocycles. The van der Waals surface area contributed by atoms with Gasteiger partial charge in [-0.25, -0.2) is 9.69 Å². The predicted molar refractivity (Wildman–Crippen MR) is 41.8 cm³/mol. The van der Waals surface area contributed by atoms with Gasteiger partial charge in [-0.05, 0) is 13.8 Å². The molecule has 0 radical (unpaired) electrons. The molecule has 0 aromatic rings. The molecule has 1 fully saturated rings. The molecular weight excluding hydrogens is 160 g/mol. The van der Waals surface area contributed by atoms with E-state index in [2.05, 4.69) is 5.32 Å². The Bertz CT molecular complexity index is 225. The minimum Gasteiger partial charge on any atom is -0.465 e. The summed E-state index contributed by atoms with van der Waals surface area (Å²) in [4.78, 5) is 22.7. The first-order chi connectivity index (χ1) is 5.45. The lowest BCUT2D eigenvalue weighted by atomic mass is 10.0.